The third-order valence-electron chi connectivity index (χ3n) is 4.64. The zero-order valence-corrected chi connectivity index (χ0v) is 14.8. The quantitative estimate of drug-likeness (QED) is 0.571. The van der Waals surface area contributed by atoms with Crippen LogP contribution < -0.4 is 11.1 Å². The van der Waals surface area contributed by atoms with Gasteiger partial charge in [-0.25, -0.2) is 0 Å². The van der Waals surface area contributed by atoms with Crippen LogP contribution in [0.2, 0.25) is 0 Å². The summed E-state index contributed by atoms with van der Waals surface area (Å²) in [5.74, 6) is -0.694. The first-order valence-electron chi connectivity index (χ1n) is 8.75. The van der Waals surface area contributed by atoms with Gasteiger partial charge in [-0.2, -0.15) is 0 Å². The maximum absolute atomic E-state index is 11.4. The molecule has 2 aromatic rings. The molecule has 0 aliphatic carbocycles. The number of morpholine rings is 1. The van der Waals surface area contributed by atoms with Crippen LogP contribution >= 0.6 is 0 Å². The van der Waals surface area contributed by atoms with E-state index >= 15 is 0 Å². The highest BCUT2D eigenvalue weighted by atomic mass is 16.6. The third kappa shape index (κ3) is 4.60. The van der Waals surface area contributed by atoms with Crippen molar-refractivity contribution in [3.8, 4) is 0 Å². The van der Waals surface area contributed by atoms with E-state index in [4.69, 9.17) is 10.5 Å². The van der Waals surface area contributed by atoms with Crippen molar-refractivity contribution < 1.29 is 14.5 Å². The molecule has 27 heavy (non-hydrogen) atoms. The number of nitrogens with zero attached hydrogens (tertiary/aromatic N) is 2. The average Bonchev–Trinajstić information content (AvgIpc) is 2.69. The van der Waals surface area contributed by atoms with Crippen LogP contribution in [0.5, 0.6) is 0 Å². The topological polar surface area (TPSA) is 111 Å². The molecule has 1 heterocycles. The minimum Gasteiger partial charge on any atom is -0.379 e. The lowest BCUT2D eigenvalue weighted by Crippen LogP contribution is -2.41. The number of ether oxygens (including phenoxy) is 1. The van der Waals surface area contributed by atoms with Crippen molar-refractivity contribution in [1.82, 2.24) is 4.90 Å². The molecule has 0 aromatic heterocycles. The molecule has 1 saturated heterocycles. The van der Waals surface area contributed by atoms with Crippen LogP contribution in [0.3, 0.4) is 0 Å². The highest BCUT2D eigenvalue weighted by Gasteiger charge is 2.24. The molecule has 8 heteroatoms. The largest absolute Gasteiger partial charge is 0.379 e. The molecule has 0 spiro atoms. The van der Waals surface area contributed by atoms with Crippen LogP contribution in [0, 0.1) is 10.1 Å². The van der Waals surface area contributed by atoms with Gasteiger partial charge in [0.2, 0.25) is 5.91 Å². The highest BCUT2D eigenvalue weighted by molar-refractivity contribution is 5.94. The number of anilines is 1. The zero-order chi connectivity index (χ0) is 19.2. The fourth-order valence-corrected chi connectivity index (χ4v) is 3.21. The first-order valence-corrected chi connectivity index (χ1v) is 8.75. The van der Waals surface area contributed by atoms with E-state index in [-0.39, 0.29) is 17.3 Å². The summed E-state index contributed by atoms with van der Waals surface area (Å²) in [7, 11) is 0. The second-order valence-corrected chi connectivity index (χ2v) is 6.31. The Morgan fingerprint density at radius 3 is 2.56 bits per heavy atom. The standard InChI is InChI=1S/C19H22N4O4/c20-19(24)15-6-7-16(17(12-15)23(25)26)21-13-18(14-4-2-1-3-5-14)22-8-10-27-11-9-22/h1-7,12,18,21H,8-11,13H2,(H2,20,24)/t18-/m1/s1. The van der Waals surface area contributed by atoms with Gasteiger partial charge in [0, 0.05) is 31.3 Å². The van der Waals surface area contributed by atoms with Crippen molar-refractivity contribution in [2.75, 3.05) is 38.2 Å². The summed E-state index contributed by atoms with van der Waals surface area (Å²) in [5.41, 5.74) is 6.66. The van der Waals surface area contributed by atoms with Gasteiger partial charge in [0.1, 0.15) is 5.69 Å². The summed E-state index contributed by atoms with van der Waals surface area (Å²) in [4.78, 5) is 24.5. The van der Waals surface area contributed by atoms with Crippen LogP contribution in [0.15, 0.2) is 48.5 Å². The third-order valence-corrected chi connectivity index (χ3v) is 4.64. The van der Waals surface area contributed by atoms with E-state index in [1.165, 1.54) is 18.2 Å². The number of amides is 1. The number of rotatable bonds is 7. The monoisotopic (exact) mass is 370 g/mol. The Hall–Kier alpha value is -2.97. The van der Waals surface area contributed by atoms with Crippen molar-refractivity contribution in [2.24, 2.45) is 5.73 Å². The van der Waals surface area contributed by atoms with E-state index in [0.29, 0.717) is 25.4 Å². The van der Waals surface area contributed by atoms with Gasteiger partial charge in [0.15, 0.2) is 0 Å². The minimum absolute atomic E-state index is 0.0468. The number of nitro groups is 1. The van der Waals surface area contributed by atoms with Crippen LogP contribution in [0.1, 0.15) is 22.0 Å². The Kier molecular flexibility index (Phi) is 6.00. The van der Waals surface area contributed by atoms with Crippen molar-refractivity contribution in [3.05, 3.63) is 69.8 Å². The van der Waals surface area contributed by atoms with Gasteiger partial charge in [0.25, 0.3) is 5.69 Å². The van der Waals surface area contributed by atoms with Gasteiger partial charge in [-0.05, 0) is 17.7 Å². The predicted molar refractivity (Wildman–Crippen MR) is 102 cm³/mol. The lowest BCUT2D eigenvalue weighted by atomic mass is 10.0. The lowest BCUT2D eigenvalue weighted by molar-refractivity contribution is -0.384. The number of carbonyl (C=O) groups is 1. The number of hydrogen-bond donors (Lipinski definition) is 2. The van der Waals surface area contributed by atoms with Gasteiger partial charge >= 0.3 is 0 Å². The fourth-order valence-electron chi connectivity index (χ4n) is 3.21. The van der Waals surface area contributed by atoms with Gasteiger partial charge in [-0.3, -0.25) is 19.8 Å². The SMILES string of the molecule is NC(=O)c1ccc(NC[C@H](c2ccccc2)N2CCOCC2)c([N+](=O)[O-])c1. The molecule has 2 aromatic carbocycles. The second kappa shape index (κ2) is 8.61. The molecule has 142 valence electrons. The van der Waals surface area contributed by atoms with E-state index in [0.717, 1.165) is 18.7 Å². The summed E-state index contributed by atoms with van der Waals surface area (Å²) in [6.45, 7) is 3.41. The maximum Gasteiger partial charge on any atom is 0.293 e. The van der Waals surface area contributed by atoms with Gasteiger partial charge in [0.05, 0.1) is 24.2 Å². The fraction of sp³-hybridized carbons (Fsp3) is 0.316. The van der Waals surface area contributed by atoms with Crippen molar-refractivity contribution in [3.63, 3.8) is 0 Å². The number of carbonyl (C=O) groups excluding carboxylic acids is 1. The number of nitrogens with one attached hydrogen (secondary N) is 1. The summed E-state index contributed by atoms with van der Waals surface area (Å²) in [5, 5.41) is 14.6. The number of nitrogens with two attached hydrogens (primary N) is 1. The van der Waals surface area contributed by atoms with Crippen LogP contribution in [0.25, 0.3) is 0 Å². The minimum atomic E-state index is -0.694. The first kappa shape index (κ1) is 18.8. The average molecular weight is 370 g/mol. The highest BCUT2D eigenvalue weighted by Crippen LogP contribution is 2.28. The Bertz CT molecular complexity index is 807. The normalized spacial score (nSPS) is 15.9. The van der Waals surface area contributed by atoms with Crippen molar-refractivity contribution >= 4 is 17.3 Å². The van der Waals surface area contributed by atoms with E-state index in [2.05, 4.69) is 10.2 Å². The maximum atomic E-state index is 11.4. The summed E-state index contributed by atoms with van der Waals surface area (Å²) in [6.07, 6.45) is 0. The number of nitro benzene ring substituents is 1. The number of benzene rings is 2. The lowest BCUT2D eigenvalue weighted by Gasteiger charge is -2.35. The molecule has 0 saturated carbocycles. The van der Waals surface area contributed by atoms with Crippen molar-refractivity contribution in [2.45, 2.75) is 6.04 Å². The molecule has 1 atom stereocenters. The Balaban J connectivity index is 1.83. The van der Waals surface area contributed by atoms with Gasteiger partial charge in [-0.15, -0.1) is 0 Å². The summed E-state index contributed by atoms with van der Waals surface area (Å²) in [6, 6.07) is 14.3. The van der Waals surface area contributed by atoms with E-state index in [1.54, 1.807) is 0 Å². The predicted octanol–water partition coefficient (Wildman–Crippen LogP) is 2.18. The molecule has 1 aliphatic heterocycles. The van der Waals surface area contributed by atoms with E-state index in [9.17, 15) is 14.9 Å². The molecule has 0 radical (unpaired) electrons. The molecule has 1 aliphatic rings. The van der Waals surface area contributed by atoms with Gasteiger partial charge < -0.3 is 15.8 Å². The molecular formula is C19H22N4O4. The molecule has 3 rings (SSSR count). The molecule has 3 N–H and O–H groups in total. The Labute approximate surface area is 157 Å². The Morgan fingerprint density at radius 2 is 1.93 bits per heavy atom. The van der Waals surface area contributed by atoms with Crippen LogP contribution in [-0.4, -0.2) is 48.6 Å². The summed E-state index contributed by atoms with van der Waals surface area (Å²) < 4.78 is 5.44. The van der Waals surface area contributed by atoms with Crippen LogP contribution in [-0.2, 0) is 4.74 Å². The smallest absolute Gasteiger partial charge is 0.293 e. The van der Waals surface area contributed by atoms with E-state index < -0.39 is 10.8 Å². The molecule has 1 amide bonds. The molecule has 8 nitrogen and oxygen atoms in total. The number of primary amides is 1. The molecule has 1 fully saturated rings. The first-order chi connectivity index (χ1) is 13.1. The second-order valence-electron chi connectivity index (χ2n) is 6.31. The molecular weight excluding hydrogens is 348 g/mol. The summed E-state index contributed by atoms with van der Waals surface area (Å²) >= 11 is 0. The molecule has 0 unspecified atom stereocenters. The van der Waals surface area contributed by atoms with Crippen molar-refractivity contribution in [1.29, 1.82) is 0 Å². The molecule has 0 bridgehead atoms. The zero-order valence-electron chi connectivity index (χ0n) is 14.8. The van der Waals surface area contributed by atoms with Gasteiger partial charge in [-0.1, -0.05) is 30.3 Å². The number of hydrogen-bond acceptors (Lipinski definition) is 6. The van der Waals surface area contributed by atoms with E-state index in [1.807, 2.05) is 30.3 Å². The van der Waals surface area contributed by atoms with Crippen LogP contribution in [0.4, 0.5) is 11.4 Å². The Morgan fingerprint density at radius 1 is 1.22 bits per heavy atom.